The highest BCUT2D eigenvalue weighted by atomic mass is 79.9. The van der Waals surface area contributed by atoms with Gasteiger partial charge in [-0.1, -0.05) is 12.2 Å². The SMILES string of the molecule is Fc1ccc(Br)c(F)c1-c1cc(C(F)(F)F)cc(=S)[nH]1. The summed E-state index contributed by atoms with van der Waals surface area (Å²) in [6.45, 7) is 0. The molecule has 0 saturated heterocycles. The van der Waals surface area contributed by atoms with Crippen molar-refractivity contribution < 1.29 is 22.0 Å². The zero-order chi connectivity index (χ0) is 15.1. The molecule has 0 amide bonds. The zero-order valence-electron chi connectivity index (χ0n) is 9.49. The summed E-state index contributed by atoms with van der Waals surface area (Å²) >= 11 is 7.51. The van der Waals surface area contributed by atoms with Crippen molar-refractivity contribution >= 4 is 28.1 Å². The molecule has 0 atom stereocenters. The van der Waals surface area contributed by atoms with Gasteiger partial charge < -0.3 is 4.98 Å². The quantitative estimate of drug-likeness (QED) is 0.400. The van der Waals surface area contributed by atoms with Crippen molar-refractivity contribution in [3.05, 3.63) is 50.6 Å². The summed E-state index contributed by atoms with van der Waals surface area (Å²) in [4.78, 5) is 2.36. The lowest BCUT2D eigenvalue weighted by molar-refractivity contribution is -0.137. The standard InChI is InChI=1S/C12H5BrF5NS/c13-6-1-2-7(14)10(11(6)15)8-3-5(12(16,17)18)4-9(20)19-8/h1-4H,(H,19,20). The molecule has 0 aliphatic heterocycles. The second kappa shape index (κ2) is 5.25. The normalized spacial score (nSPS) is 11.7. The average Bonchev–Trinajstić information content (AvgIpc) is 2.33. The first-order valence-electron chi connectivity index (χ1n) is 5.15. The van der Waals surface area contributed by atoms with Gasteiger partial charge in [0, 0.05) is 0 Å². The number of H-pyrrole nitrogens is 1. The van der Waals surface area contributed by atoms with E-state index < -0.39 is 28.9 Å². The molecule has 0 aliphatic carbocycles. The van der Waals surface area contributed by atoms with E-state index in [-0.39, 0.29) is 14.8 Å². The van der Waals surface area contributed by atoms with Crippen LogP contribution in [-0.4, -0.2) is 4.98 Å². The van der Waals surface area contributed by atoms with E-state index in [1.165, 1.54) is 0 Å². The predicted molar refractivity (Wildman–Crippen MR) is 69.7 cm³/mol. The Labute approximate surface area is 123 Å². The van der Waals surface area contributed by atoms with Gasteiger partial charge in [-0.15, -0.1) is 0 Å². The Balaban J connectivity index is 2.75. The Bertz CT molecular complexity index is 723. The van der Waals surface area contributed by atoms with Gasteiger partial charge in [0.1, 0.15) is 16.3 Å². The van der Waals surface area contributed by atoms with Gasteiger partial charge in [-0.3, -0.25) is 0 Å². The molecule has 1 N–H and O–H groups in total. The number of benzene rings is 1. The third-order valence-corrected chi connectivity index (χ3v) is 3.32. The minimum absolute atomic E-state index is 0.0642. The van der Waals surface area contributed by atoms with Gasteiger partial charge in [0.05, 0.1) is 21.3 Å². The van der Waals surface area contributed by atoms with Crippen molar-refractivity contribution in [3.8, 4) is 11.3 Å². The van der Waals surface area contributed by atoms with Gasteiger partial charge in [0.15, 0.2) is 0 Å². The number of rotatable bonds is 1. The summed E-state index contributed by atoms with van der Waals surface area (Å²) in [5.74, 6) is -1.99. The highest BCUT2D eigenvalue weighted by molar-refractivity contribution is 9.10. The van der Waals surface area contributed by atoms with E-state index in [4.69, 9.17) is 0 Å². The molecule has 0 unspecified atom stereocenters. The van der Waals surface area contributed by atoms with Crippen molar-refractivity contribution in [1.82, 2.24) is 4.98 Å². The predicted octanol–water partition coefficient (Wildman–Crippen LogP) is 5.47. The van der Waals surface area contributed by atoms with Crippen LogP contribution in [0.1, 0.15) is 5.56 Å². The van der Waals surface area contributed by atoms with E-state index in [0.717, 1.165) is 12.1 Å². The Morgan fingerprint density at radius 1 is 1.10 bits per heavy atom. The number of aromatic amines is 1. The van der Waals surface area contributed by atoms with E-state index >= 15 is 0 Å². The topological polar surface area (TPSA) is 15.8 Å². The lowest BCUT2D eigenvalue weighted by Crippen LogP contribution is -2.06. The fourth-order valence-corrected chi connectivity index (χ4v) is 2.18. The van der Waals surface area contributed by atoms with Crippen molar-refractivity contribution in [2.24, 2.45) is 0 Å². The minimum atomic E-state index is -4.66. The van der Waals surface area contributed by atoms with Crippen LogP contribution in [0, 0.1) is 16.3 Å². The third-order valence-electron chi connectivity index (χ3n) is 2.48. The van der Waals surface area contributed by atoms with E-state index in [1.807, 2.05) is 0 Å². The van der Waals surface area contributed by atoms with Crippen LogP contribution in [0.4, 0.5) is 22.0 Å². The number of halogens is 6. The lowest BCUT2D eigenvalue weighted by atomic mass is 10.1. The number of hydrogen-bond acceptors (Lipinski definition) is 1. The Hall–Kier alpha value is -1.28. The maximum Gasteiger partial charge on any atom is 0.416 e. The summed E-state index contributed by atoms with van der Waals surface area (Å²) in [5, 5.41) is 0. The Kier molecular flexibility index (Phi) is 3.97. The van der Waals surface area contributed by atoms with Crippen molar-refractivity contribution in [3.63, 3.8) is 0 Å². The zero-order valence-corrected chi connectivity index (χ0v) is 11.9. The summed E-state index contributed by atoms with van der Waals surface area (Å²) in [7, 11) is 0. The maximum absolute atomic E-state index is 13.9. The van der Waals surface area contributed by atoms with Gasteiger partial charge in [-0.2, -0.15) is 13.2 Å². The van der Waals surface area contributed by atoms with Gasteiger partial charge in [0.2, 0.25) is 0 Å². The van der Waals surface area contributed by atoms with E-state index in [0.29, 0.717) is 12.1 Å². The molecule has 1 aromatic carbocycles. The first-order valence-corrected chi connectivity index (χ1v) is 6.35. The molecule has 0 radical (unpaired) electrons. The molecule has 0 saturated carbocycles. The van der Waals surface area contributed by atoms with Gasteiger partial charge in [0.25, 0.3) is 0 Å². The van der Waals surface area contributed by atoms with Crippen LogP contribution in [0.3, 0.4) is 0 Å². The highest BCUT2D eigenvalue weighted by Gasteiger charge is 2.31. The molecule has 0 fully saturated rings. The highest BCUT2D eigenvalue weighted by Crippen LogP contribution is 2.34. The number of hydrogen-bond donors (Lipinski definition) is 1. The van der Waals surface area contributed by atoms with E-state index in [9.17, 15) is 22.0 Å². The monoisotopic (exact) mass is 369 g/mol. The fourth-order valence-electron chi connectivity index (χ4n) is 1.62. The van der Waals surface area contributed by atoms with Crippen LogP contribution in [0.15, 0.2) is 28.7 Å². The first-order chi connectivity index (χ1) is 9.20. The Morgan fingerprint density at radius 3 is 2.35 bits per heavy atom. The summed E-state index contributed by atoms with van der Waals surface area (Å²) in [6.07, 6.45) is -4.66. The molecular formula is C12H5BrF5NS. The van der Waals surface area contributed by atoms with Crippen LogP contribution in [-0.2, 0) is 6.18 Å². The van der Waals surface area contributed by atoms with Crippen molar-refractivity contribution in [1.29, 1.82) is 0 Å². The molecule has 20 heavy (non-hydrogen) atoms. The smallest absolute Gasteiger partial charge is 0.346 e. The number of alkyl halides is 3. The average molecular weight is 370 g/mol. The van der Waals surface area contributed by atoms with Crippen LogP contribution < -0.4 is 0 Å². The first kappa shape index (κ1) is 15.1. The second-order valence-electron chi connectivity index (χ2n) is 3.86. The van der Waals surface area contributed by atoms with Gasteiger partial charge in [-0.05, 0) is 40.2 Å². The fraction of sp³-hybridized carbons (Fsp3) is 0.0833. The largest absolute Gasteiger partial charge is 0.416 e. The van der Waals surface area contributed by atoms with E-state index in [2.05, 4.69) is 33.1 Å². The van der Waals surface area contributed by atoms with Crippen LogP contribution in [0.2, 0.25) is 0 Å². The number of aromatic nitrogens is 1. The Morgan fingerprint density at radius 2 is 1.75 bits per heavy atom. The van der Waals surface area contributed by atoms with Gasteiger partial charge >= 0.3 is 6.18 Å². The second-order valence-corrected chi connectivity index (χ2v) is 5.16. The summed E-state index contributed by atoms with van der Waals surface area (Å²) in [5.41, 5.74) is -2.05. The molecule has 8 heteroatoms. The van der Waals surface area contributed by atoms with Crippen LogP contribution >= 0.6 is 28.1 Å². The lowest BCUT2D eigenvalue weighted by Gasteiger charge is -2.11. The minimum Gasteiger partial charge on any atom is -0.346 e. The van der Waals surface area contributed by atoms with Gasteiger partial charge in [-0.25, -0.2) is 8.78 Å². The molecule has 2 rings (SSSR count). The molecule has 0 aliphatic rings. The molecule has 106 valence electrons. The molecular weight excluding hydrogens is 365 g/mol. The summed E-state index contributed by atoms with van der Waals surface area (Å²) in [6, 6.07) is 3.37. The number of pyridine rings is 1. The van der Waals surface area contributed by atoms with Crippen LogP contribution in [0.25, 0.3) is 11.3 Å². The molecule has 1 nitrogen and oxygen atoms in total. The number of nitrogens with one attached hydrogen (secondary N) is 1. The molecule has 0 spiro atoms. The van der Waals surface area contributed by atoms with Crippen molar-refractivity contribution in [2.75, 3.05) is 0 Å². The van der Waals surface area contributed by atoms with Crippen LogP contribution in [0.5, 0.6) is 0 Å². The summed E-state index contributed by atoms with van der Waals surface area (Å²) < 4.78 is 65.3. The van der Waals surface area contributed by atoms with E-state index in [1.54, 1.807) is 0 Å². The maximum atomic E-state index is 13.9. The molecule has 0 bridgehead atoms. The molecule has 1 heterocycles. The molecule has 2 aromatic rings. The van der Waals surface area contributed by atoms with Crippen molar-refractivity contribution in [2.45, 2.75) is 6.18 Å². The third kappa shape index (κ3) is 2.90. The molecule has 1 aromatic heterocycles.